The second kappa shape index (κ2) is 5.25. The first-order valence-electron chi connectivity index (χ1n) is 5.25. The lowest BCUT2D eigenvalue weighted by Gasteiger charge is -2.14. The molecule has 1 aromatic carbocycles. The van der Waals surface area contributed by atoms with Crippen LogP contribution in [0.4, 0.5) is 5.69 Å². The summed E-state index contributed by atoms with van der Waals surface area (Å²) in [6, 6.07) is 5.83. The Kier molecular flexibility index (Phi) is 4.36. The molecule has 6 nitrogen and oxygen atoms in total. The highest BCUT2D eigenvalue weighted by Gasteiger charge is 2.21. The van der Waals surface area contributed by atoms with Crippen LogP contribution in [0.1, 0.15) is 13.8 Å². The molecule has 102 valence electrons. The number of hydrogen-bond acceptors (Lipinski definition) is 4. The second-order valence-corrected chi connectivity index (χ2v) is 7.99. The Bertz CT molecular complexity index is 621. The quantitative estimate of drug-likeness (QED) is 0.837. The Hall–Kier alpha value is -1.12. The van der Waals surface area contributed by atoms with Crippen molar-refractivity contribution in [3.05, 3.63) is 24.3 Å². The van der Waals surface area contributed by atoms with Crippen molar-refractivity contribution in [3.63, 3.8) is 0 Å². The van der Waals surface area contributed by atoms with Crippen LogP contribution in [0.25, 0.3) is 0 Å². The molecule has 1 rings (SSSR count). The molecule has 18 heavy (non-hydrogen) atoms. The van der Waals surface area contributed by atoms with E-state index in [1.165, 1.54) is 39.1 Å². The van der Waals surface area contributed by atoms with Gasteiger partial charge in [-0.3, -0.25) is 4.72 Å². The van der Waals surface area contributed by atoms with Gasteiger partial charge in [0.2, 0.25) is 20.0 Å². The topological polar surface area (TPSA) is 92.3 Å². The summed E-state index contributed by atoms with van der Waals surface area (Å²) in [5.41, 5.74) is 0.0422. The first-order valence-corrected chi connectivity index (χ1v) is 8.28. The van der Waals surface area contributed by atoms with Crippen LogP contribution in [0, 0.1) is 0 Å². The zero-order valence-electron chi connectivity index (χ0n) is 10.3. The summed E-state index contributed by atoms with van der Waals surface area (Å²) in [6.45, 7) is 3.02. The fourth-order valence-corrected chi connectivity index (χ4v) is 2.84. The standard InChI is InChI=1S/C10H16N2O4S2/c1-8(2)17(13,14)12-9-6-4-5-7-10(9)18(15,16)11-3/h4-8,11-12H,1-3H3. The zero-order valence-corrected chi connectivity index (χ0v) is 12.0. The van der Waals surface area contributed by atoms with Crippen molar-refractivity contribution in [2.75, 3.05) is 11.8 Å². The van der Waals surface area contributed by atoms with E-state index in [0.717, 1.165) is 0 Å². The predicted octanol–water partition coefficient (Wildman–Crippen LogP) is 0.745. The summed E-state index contributed by atoms with van der Waals surface area (Å²) in [6.07, 6.45) is 0. The Morgan fingerprint density at radius 2 is 1.61 bits per heavy atom. The van der Waals surface area contributed by atoms with Gasteiger partial charge in [0.25, 0.3) is 0 Å². The molecule has 0 bridgehead atoms. The molecule has 8 heteroatoms. The van der Waals surface area contributed by atoms with Gasteiger partial charge in [-0.05, 0) is 33.0 Å². The van der Waals surface area contributed by atoms with E-state index in [9.17, 15) is 16.8 Å². The highest BCUT2D eigenvalue weighted by molar-refractivity contribution is 7.93. The molecule has 0 heterocycles. The largest absolute Gasteiger partial charge is 0.282 e. The highest BCUT2D eigenvalue weighted by atomic mass is 32.2. The van der Waals surface area contributed by atoms with E-state index in [1.807, 2.05) is 0 Å². The summed E-state index contributed by atoms with van der Waals surface area (Å²) in [5, 5.41) is -0.650. The van der Waals surface area contributed by atoms with Crippen LogP contribution in [-0.4, -0.2) is 29.1 Å². The van der Waals surface area contributed by atoms with Gasteiger partial charge in [0.1, 0.15) is 4.90 Å². The monoisotopic (exact) mass is 292 g/mol. The van der Waals surface area contributed by atoms with Gasteiger partial charge in [-0.2, -0.15) is 0 Å². The van der Waals surface area contributed by atoms with E-state index >= 15 is 0 Å². The van der Waals surface area contributed by atoms with Gasteiger partial charge in [0, 0.05) is 0 Å². The number of para-hydroxylation sites is 1. The van der Waals surface area contributed by atoms with E-state index in [4.69, 9.17) is 0 Å². The Morgan fingerprint density at radius 3 is 2.11 bits per heavy atom. The van der Waals surface area contributed by atoms with Crippen LogP contribution in [0.3, 0.4) is 0 Å². The van der Waals surface area contributed by atoms with E-state index < -0.39 is 25.3 Å². The molecule has 0 fully saturated rings. The molecule has 0 aliphatic heterocycles. The fourth-order valence-electron chi connectivity index (χ4n) is 1.17. The molecule has 0 spiro atoms. The van der Waals surface area contributed by atoms with Crippen molar-refractivity contribution in [1.82, 2.24) is 4.72 Å². The summed E-state index contributed by atoms with van der Waals surface area (Å²) in [5.74, 6) is 0. The summed E-state index contributed by atoms with van der Waals surface area (Å²) in [4.78, 5) is -0.100. The lowest BCUT2D eigenvalue weighted by Crippen LogP contribution is -2.25. The molecule has 0 saturated heterocycles. The number of hydrogen-bond donors (Lipinski definition) is 2. The maximum Gasteiger partial charge on any atom is 0.242 e. The van der Waals surface area contributed by atoms with Gasteiger partial charge in [-0.25, -0.2) is 21.6 Å². The molecular formula is C10H16N2O4S2. The minimum atomic E-state index is -3.70. The molecule has 0 atom stereocenters. The van der Waals surface area contributed by atoms with Crippen molar-refractivity contribution in [2.45, 2.75) is 24.0 Å². The van der Waals surface area contributed by atoms with Crippen LogP contribution in [-0.2, 0) is 20.0 Å². The third-order valence-electron chi connectivity index (χ3n) is 2.32. The normalized spacial score (nSPS) is 12.7. The SMILES string of the molecule is CNS(=O)(=O)c1ccccc1NS(=O)(=O)C(C)C. The van der Waals surface area contributed by atoms with Gasteiger partial charge in [-0.1, -0.05) is 12.1 Å². The van der Waals surface area contributed by atoms with E-state index in [2.05, 4.69) is 9.44 Å². The maximum absolute atomic E-state index is 11.7. The Morgan fingerprint density at radius 1 is 1.06 bits per heavy atom. The number of benzene rings is 1. The smallest absolute Gasteiger partial charge is 0.242 e. The summed E-state index contributed by atoms with van der Waals surface area (Å²) < 4.78 is 51.4. The van der Waals surface area contributed by atoms with Crippen LogP contribution in [0.2, 0.25) is 0 Å². The van der Waals surface area contributed by atoms with Gasteiger partial charge < -0.3 is 0 Å². The number of rotatable bonds is 5. The van der Waals surface area contributed by atoms with Crippen LogP contribution in [0.5, 0.6) is 0 Å². The fraction of sp³-hybridized carbons (Fsp3) is 0.400. The van der Waals surface area contributed by atoms with Gasteiger partial charge in [-0.15, -0.1) is 0 Å². The second-order valence-electron chi connectivity index (χ2n) is 3.90. The minimum Gasteiger partial charge on any atom is -0.282 e. The van der Waals surface area contributed by atoms with E-state index in [-0.39, 0.29) is 10.6 Å². The van der Waals surface area contributed by atoms with E-state index in [0.29, 0.717) is 0 Å². The number of sulfonamides is 2. The van der Waals surface area contributed by atoms with E-state index in [1.54, 1.807) is 6.07 Å². The van der Waals surface area contributed by atoms with Crippen molar-refractivity contribution < 1.29 is 16.8 Å². The maximum atomic E-state index is 11.7. The van der Waals surface area contributed by atoms with Gasteiger partial charge >= 0.3 is 0 Å². The molecule has 0 amide bonds. The Labute approximate surface area is 108 Å². The average molecular weight is 292 g/mol. The lowest BCUT2D eigenvalue weighted by atomic mass is 10.3. The summed E-state index contributed by atoms with van der Waals surface area (Å²) >= 11 is 0. The van der Waals surface area contributed by atoms with Crippen LogP contribution in [0.15, 0.2) is 29.2 Å². The van der Waals surface area contributed by atoms with Crippen molar-refractivity contribution in [3.8, 4) is 0 Å². The molecule has 0 aliphatic carbocycles. The molecule has 2 N–H and O–H groups in total. The molecular weight excluding hydrogens is 276 g/mol. The summed E-state index contributed by atoms with van der Waals surface area (Å²) in [7, 11) is -6.02. The van der Waals surface area contributed by atoms with Crippen molar-refractivity contribution in [1.29, 1.82) is 0 Å². The predicted molar refractivity (Wildman–Crippen MR) is 70.4 cm³/mol. The zero-order chi connectivity index (χ0) is 14.0. The first kappa shape index (κ1) is 14.9. The average Bonchev–Trinajstić information content (AvgIpc) is 2.29. The molecule has 0 aromatic heterocycles. The third kappa shape index (κ3) is 3.21. The van der Waals surface area contributed by atoms with Crippen LogP contribution < -0.4 is 9.44 Å². The highest BCUT2D eigenvalue weighted by Crippen LogP contribution is 2.22. The molecule has 0 unspecified atom stereocenters. The lowest BCUT2D eigenvalue weighted by molar-refractivity contribution is 0.588. The molecule has 0 radical (unpaired) electrons. The van der Waals surface area contributed by atoms with Gasteiger partial charge in [0.05, 0.1) is 10.9 Å². The molecule has 0 saturated carbocycles. The van der Waals surface area contributed by atoms with Crippen LogP contribution >= 0.6 is 0 Å². The molecule has 1 aromatic rings. The third-order valence-corrected chi connectivity index (χ3v) is 5.54. The minimum absolute atomic E-state index is 0.0422. The number of nitrogens with one attached hydrogen (secondary N) is 2. The van der Waals surface area contributed by atoms with Gasteiger partial charge in [0.15, 0.2) is 0 Å². The van der Waals surface area contributed by atoms with Crippen molar-refractivity contribution >= 4 is 25.7 Å². The molecule has 0 aliphatic rings. The first-order chi connectivity index (χ1) is 8.20. The number of anilines is 1. The Balaban J connectivity index is 3.29. The van der Waals surface area contributed by atoms with Crippen molar-refractivity contribution in [2.24, 2.45) is 0 Å².